The molecule has 0 radical (unpaired) electrons. The molecule has 0 saturated heterocycles. The number of hydrogen-bond donors (Lipinski definition) is 1. The van der Waals surface area contributed by atoms with E-state index in [1.165, 1.54) is 11.8 Å². The summed E-state index contributed by atoms with van der Waals surface area (Å²) in [5.74, 6) is -1.08. The van der Waals surface area contributed by atoms with Crippen molar-refractivity contribution in [3.05, 3.63) is 128 Å². The Morgan fingerprint density at radius 1 is 1.00 bits per heavy atom. The number of nitrogens with zero attached hydrogens (tertiary/aromatic N) is 1. The number of thioether (sulfide) groups is 1. The molecule has 1 aliphatic rings. The minimum absolute atomic E-state index is 0.0469. The van der Waals surface area contributed by atoms with Crippen molar-refractivity contribution >= 4 is 35.1 Å². The molecule has 4 rings (SSSR count). The third-order valence-electron chi connectivity index (χ3n) is 6.00. The van der Waals surface area contributed by atoms with Gasteiger partial charge in [-0.25, -0.2) is 4.79 Å². The van der Waals surface area contributed by atoms with Crippen LogP contribution >= 0.6 is 23.4 Å². The molecule has 0 unspecified atom stereocenters. The first-order valence-electron chi connectivity index (χ1n) is 11.7. The first-order valence-corrected chi connectivity index (χ1v) is 13.0. The Balaban J connectivity index is 1.63. The minimum atomic E-state index is -0.663. The highest BCUT2D eigenvalue weighted by Gasteiger charge is 2.35. The monoisotopic (exact) mass is 528 g/mol. The predicted molar refractivity (Wildman–Crippen MR) is 147 cm³/mol. The molecular formula is C30H25ClN2O3S. The second-order valence-electron chi connectivity index (χ2n) is 8.64. The van der Waals surface area contributed by atoms with E-state index in [-0.39, 0.29) is 18.1 Å². The van der Waals surface area contributed by atoms with Crippen LogP contribution in [-0.4, -0.2) is 17.5 Å². The summed E-state index contributed by atoms with van der Waals surface area (Å²) >= 11 is 7.36. The molecule has 0 aliphatic carbocycles. The van der Waals surface area contributed by atoms with Crippen LogP contribution in [0.4, 0.5) is 0 Å². The molecule has 0 amide bonds. The van der Waals surface area contributed by atoms with Crippen molar-refractivity contribution in [2.24, 2.45) is 0 Å². The molecule has 3 aromatic carbocycles. The topological polar surface area (TPSA) is 79.2 Å². The number of nitriles is 1. The van der Waals surface area contributed by atoms with Gasteiger partial charge in [-0.3, -0.25) is 4.79 Å². The van der Waals surface area contributed by atoms with Gasteiger partial charge in [0.25, 0.3) is 0 Å². The standard InChI is InChI=1S/C30H25ClN2O3S/c1-19-8-10-22(11-9-19)26(34)18-37-29-25(16-32)28(23-12-14-24(31)15-13-23)27(20(2)33-29)30(35)36-17-21-6-4-3-5-7-21/h3-15,28,33H,17-18H2,1-2H3/t28-/m1/s1. The summed E-state index contributed by atoms with van der Waals surface area (Å²) in [6.45, 7) is 3.86. The molecule has 0 saturated carbocycles. The van der Waals surface area contributed by atoms with Gasteiger partial charge in [0, 0.05) is 16.3 Å². The van der Waals surface area contributed by atoms with E-state index >= 15 is 0 Å². The Morgan fingerprint density at radius 3 is 2.32 bits per heavy atom. The summed E-state index contributed by atoms with van der Waals surface area (Å²) in [7, 11) is 0. The molecule has 1 atom stereocenters. The van der Waals surface area contributed by atoms with Gasteiger partial charge in [0.2, 0.25) is 0 Å². The molecule has 0 bridgehead atoms. The molecule has 7 heteroatoms. The number of esters is 1. The van der Waals surface area contributed by atoms with Gasteiger partial charge in [0.1, 0.15) is 6.61 Å². The normalized spacial score (nSPS) is 15.1. The van der Waals surface area contributed by atoms with E-state index in [1.807, 2.05) is 49.4 Å². The summed E-state index contributed by atoms with van der Waals surface area (Å²) in [6, 6.07) is 26.1. The lowest BCUT2D eigenvalue weighted by molar-refractivity contribution is -0.140. The second kappa shape index (κ2) is 12.0. The first kappa shape index (κ1) is 26.3. The molecule has 0 fully saturated rings. The largest absolute Gasteiger partial charge is 0.457 e. The van der Waals surface area contributed by atoms with Gasteiger partial charge in [-0.15, -0.1) is 0 Å². The molecule has 37 heavy (non-hydrogen) atoms. The van der Waals surface area contributed by atoms with Crippen LogP contribution in [0.15, 0.2) is 101 Å². The summed E-state index contributed by atoms with van der Waals surface area (Å²) in [5.41, 5.74) is 4.55. The quantitative estimate of drug-likeness (QED) is 0.259. The van der Waals surface area contributed by atoms with E-state index in [0.717, 1.165) is 16.7 Å². The van der Waals surface area contributed by atoms with E-state index in [2.05, 4.69) is 11.4 Å². The number of Topliss-reactive ketones (excluding diaryl/α,β-unsaturated/α-hetero) is 1. The smallest absolute Gasteiger partial charge is 0.337 e. The number of dihydropyridines is 1. The lowest BCUT2D eigenvalue weighted by atomic mass is 9.82. The Bertz CT molecular complexity index is 1410. The van der Waals surface area contributed by atoms with Crippen molar-refractivity contribution in [1.29, 1.82) is 5.26 Å². The van der Waals surface area contributed by atoms with Crippen molar-refractivity contribution in [2.45, 2.75) is 26.4 Å². The molecule has 0 aromatic heterocycles. The maximum absolute atomic E-state index is 13.3. The Hall–Kier alpha value is -3.79. The maximum atomic E-state index is 13.3. The molecule has 1 heterocycles. The van der Waals surface area contributed by atoms with Crippen LogP contribution in [0.5, 0.6) is 0 Å². The van der Waals surface area contributed by atoms with Crippen LogP contribution in [0.1, 0.15) is 39.9 Å². The van der Waals surface area contributed by atoms with Gasteiger partial charge in [-0.1, -0.05) is 95.7 Å². The fourth-order valence-corrected chi connectivity index (χ4v) is 5.16. The van der Waals surface area contributed by atoms with Crippen molar-refractivity contribution in [2.75, 3.05) is 5.75 Å². The summed E-state index contributed by atoms with van der Waals surface area (Å²) < 4.78 is 5.65. The zero-order valence-electron chi connectivity index (χ0n) is 20.5. The van der Waals surface area contributed by atoms with Gasteiger partial charge < -0.3 is 10.1 Å². The number of benzene rings is 3. The minimum Gasteiger partial charge on any atom is -0.457 e. The fourth-order valence-electron chi connectivity index (χ4n) is 4.05. The number of ether oxygens (including phenoxy) is 1. The average molecular weight is 529 g/mol. The molecule has 186 valence electrons. The number of nitrogens with one attached hydrogen (secondary N) is 1. The number of carbonyl (C=O) groups is 2. The van der Waals surface area contributed by atoms with Crippen LogP contribution in [-0.2, 0) is 16.1 Å². The van der Waals surface area contributed by atoms with Crippen LogP contribution in [0.3, 0.4) is 0 Å². The number of allylic oxidation sites excluding steroid dienone is 2. The lowest BCUT2D eigenvalue weighted by Crippen LogP contribution is -2.29. The van der Waals surface area contributed by atoms with Crippen LogP contribution in [0.2, 0.25) is 5.02 Å². The van der Waals surface area contributed by atoms with Gasteiger partial charge in [-0.2, -0.15) is 5.26 Å². The number of rotatable bonds is 8. The highest BCUT2D eigenvalue weighted by molar-refractivity contribution is 8.03. The van der Waals surface area contributed by atoms with Gasteiger partial charge in [0.05, 0.1) is 33.9 Å². The average Bonchev–Trinajstić information content (AvgIpc) is 2.91. The molecule has 5 nitrogen and oxygen atoms in total. The molecule has 3 aromatic rings. The van der Waals surface area contributed by atoms with Crippen molar-refractivity contribution in [1.82, 2.24) is 5.32 Å². The molecule has 0 spiro atoms. The van der Waals surface area contributed by atoms with Gasteiger partial charge >= 0.3 is 5.97 Å². The van der Waals surface area contributed by atoms with Crippen molar-refractivity contribution in [3.63, 3.8) is 0 Å². The number of carbonyl (C=O) groups excluding carboxylic acids is 2. The zero-order valence-corrected chi connectivity index (χ0v) is 22.0. The van der Waals surface area contributed by atoms with E-state index in [9.17, 15) is 14.9 Å². The Morgan fingerprint density at radius 2 is 1.68 bits per heavy atom. The summed E-state index contributed by atoms with van der Waals surface area (Å²) in [5, 5.41) is 14.5. The van der Waals surface area contributed by atoms with E-state index in [4.69, 9.17) is 16.3 Å². The van der Waals surface area contributed by atoms with E-state index in [1.54, 1.807) is 43.3 Å². The zero-order chi connectivity index (χ0) is 26.4. The second-order valence-corrected chi connectivity index (χ2v) is 10.1. The molecule has 1 N–H and O–H groups in total. The molecule has 1 aliphatic heterocycles. The number of halogens is 1. The van der Waals surface area contributed by atoms with Crippen molar-refractivity contribution < 1.29 is 14.3 Å². The van der Waals surface area contributed by atoms with E-state index < -0.39 is 11.9 Å². The Kier molecular flexibility index (Phi) is 8.50. The Labute approximate surface area is 225 Å². The third kappa shape index (κ3) is 6.32. The van der Waals surface area contributed by atoms with Crippen molar-refractivity contribution in [3.8, 4) is 6.07 Å². The predicted octanol–water partition coefficient (Wildman–Crippen LogP) is 6.70. The lowest BCUT2D eigenvalue weighted by Gasteiger charge is -2.29. The van der Waals surface area contributed by atoms with E-state index in [0.29, 0.717) is 32.5 Å². The number of hydrogen-bond acceptors (Lipinski definition) is 6. The SMILES string of the molecule is CC1=C(C(=O)OCc2ccccc2)[C@H](c2ccc(Cl)cc2)C(C#N)=C(SCC(=O)c2ccc(C)cc2)N1. The molecular weight excluding hydrogens is 504 g/mol. The van der Waals surface area contributed by atoms with Crippen LogP contribution in [0.25, 0.3) is 0 Å². The highest BCUT2D eigenvalue weighted by Crippen LogP contribution is 2.41. The number of ketones is 1. The highest BCUT2D eigenvalue weighted by atomic mass is 35.5. The maximum Gasteiger partial charge on any atom is 0.337 e. The summed E-state index contributed by atoms with van der Waals surface area (Å²) in [6.07, 6.45) is 0. The van der Waals surface area contributed by atoms with Crippen LogP contribution < -0.4 is 5.32 Å². The third-order valence-corrected chi connectivity index (χ3v) is 7.27. The number of aryl methyl sites for hydroxylation is 1. The van der Waals surface area contributed by atoms with Gasteiger partial charge in [0.15, 0.2) is 5.78 Å². The van der Waals surface area contributed by atoms with Crippen LogP contribution in [0, 0.1) is 18.3 Å². The summed E-state index contributed by atoms with van der Waals surface area (Å²) in [4.78, 5) is 26.1. The fraction of sp³-hybridized carbons (Fsp3) is 0.167. The van der Waals surface area contributed by atoms with Gasteiger partial charge in [-0.05, 0) is 37.1 Å². The first-order chi connectivity index (χ1) is 17.9.